The predicted molar refractivity (Wildman–Crippen MR) is 83.3 cm³/mol. The summed E-state index contributed by atoms with van der Waals surface area (Å²) in [5.74, 6) is 1.82. The summed E-state index contributed by atoms with van der Waals surface area (Å²) in [5, 5.41) is 3.70. The Kier molecular flexibility index (Phi) is 5.91. The predicted octanol–water partition coefficient (Wildman–Crippen LogP) is 4.42. The van der Waals surface area contributed by atoms with E-state index in [0.717, 1.165) is 24.4 Å². The van der Waals surface area contributed by atoms with Crippen LogP contribution in [0.1, 0.15) is 51.5 Å². The number of hydrogen-bond acceptors (Lipinski definition) is 1. The lowest BCUT2D eigenvalue weighted by Gasteiger charge is -2.35. The van der Waals surface area contributed by atoms with Crippen molar-refractivity contribution >= 4 is 0 Å². The van der Waals surface area contributed by atoms with E-state index in [-0.39, 0.29) is 0 Å². The second-order valence-electron chi connectivity index (χ2n) is 6.22. The molecule has 3 atom stereocenters. The van der Waals surface area contributed by atoms with Crippen molar-refractivity contribution in [2.24, 2.45) is 11.8 Å². The average molecular weight is 259 g/mol. The summed E-state index contributed by atoms with van der Waals surface area (Å²) in [6.45, 7) is 5.78. The van der Waals surface area contributed by atoms with E-state index in [4.69, 9.17) is 0 Å². The topological polar surface area (TPSA) is 12.0 Å². The molecule has 2 rings (SSSR count). The van der Waals surface area contributed by atoms with Crippen LogP contribution in [0.3, 0.4) is 0 Å². The average Bonchev–Trinajstić information content (AvgIpc) is 2.43. The SMILES string of the molecule is CCNC1CCC(C)CC1CCCc1ccccc1. The third-order valence-corrected chi connectivity index (χ3v) is 4.59. The fourth-order valence-electron chi connectivity index (χ4n) is 3.56. The molecule has 19 heavy (non-hydrogen) atoms. The largest absolute Gasteiger partial charge is 0.314 e. The van der Waals surface area contributed by atoms with Crippen LogP contribution in [-0.4, -0.2) is 12.6 Å². The lowest BCUT2D eigenvalue weighted by Crippen LogP contribution is -2.40. The Hall–Kier alpha value is -0.820. The van der Waals surface area contributed by atoms with Gasteiger partial charge in [-0.25, -0.2) is 0 Å². The van der Waals surface area contributed by atoms with Crippen LogP contribution in [0.25, 0.3) is 0 Å². The van der Waals surface area contributed by atoms with Crippen LogP contribution in [-0.2, 0) is 6.42 Å². The number of aryl methyl sites for hydroxylation is 1. The minimum absolute atomic E-state index is 0.775. The maximum atomic E-state index is 3.70. The smallest absolute Gasteiger partial charge is 0.00954 e. The van der Waals surface area contributed by atoms with Crippen molar-refractivity contribution in [3.8, 4) is 0 Å². The Morgan fingerprint density at radius 1 is 1.16 bits per heavy atom. The maximum absolute atomic E-state index is 3.70. The molecule has 1 heteroatoms. The zero-order chi connectivity index (χ0) is 13.5. The Morgan fingerprint density at radius 3 is 2.68 bits per heavy atom. The second kappa shape index (κ2) is 7.69. The molecule has 0 bridgehead atoms. The molecule has 3 unspecified atom stereocenters. The molecule has 106 valence electrons. The van der Waals surface area contributed by atoms with Gasteiger partial charge in [0, 0.05) is 6.04 Å². The molecular weight excluding hydrogens is 230 g/mol. The van der Waals surface area contributed by atoms with Crippen LogP contribution < -0.4 is 5.32 Å². The standard InChI is InChI=1S/C18H29N/c1-3-19-18-13-12-15(2)14-17(18)11-7-10-16-8-5-4-6-9-16/h4-6,8-9,15,17-19H,3,7,10-14H2,1-2H3. The Labute approximate surface area is 118 Å². The van der Waals surface area contributed by atoms with Gasteiger partial charge in [-0.1, -0.05) is 44.2 Å². The molecule has 1 aliphatic rings. The van der Waals surface area contributed by atoms with Crippen LogP contribution in [0.2, 0.25) is 0 Å². The van der Waals surface area contributed by atoms with Gasteiger partial charge in [-0.3, -0.25) is 0 Å². The van der Waals surface area contributed by atoms with Gasteiger partial charge in [-0.2, -0.15) is 0 Å². The molecule has 0 amide bonds. The third kappa shape index (κ3) is 4.65. The number of nitrogens with one attached hydrogen (secondary N) is 1. The van der Waals surface area contributed by atoms with Crippen molar-refractivity contribution in [2.75, 3.05) is 6.54 Å². The Balaban J connectivity index is 1.78. The van der Waals surface area contributed by atoms with Crippen molar-refractivity contribution in [1.82, 2.24) is 5.32 Å². The quantitative estimate of drug-likeness (QED) is 0.797. The molecule has 0 heterocycles. The van der Waals surface area contributed by atoms with Crippen LogP contribution in [0.5, 0.6) is 0 Å². The molecule has 1 fully saturated rings. The molecule has 1 nitrogen and oxygen atoms in total. The van der Waals surface area contributed by atoms with E-state index in [9.17, 15) is 0 Å². The fourth-order valence-corrected chi connectivity index (χ4v) is 3.56. The molecule has 0 saturated heterocycles. The van der Waals surface area contributed by atoms with Crippen LogP contribution in [0, 0.1) is 11.8 Å². The van der Waals surface area contributed by atoms with Crippen molar-refractivity contribution in [3.63, 3.8) is 0 Å². The van der Waals surface area contributed by atoms with Crippen LogP contribution in [0.15, 0.2) is 30.3 Å². The molecule has 1 N–H and O–H groups in total. The normalized spacial score (nSPS) is 27.4. The molecule has 0 aliphatic heterocycles. The number of benzene rings is 1. The Bertz CT molecular complexity index is 346. The summed E-state index contributed by atoms with van der Waals surface area (Å²) >= 11 is 0. The lowest BCUT2D eigenvalue weighted by molar-refractivity contribution is 0.202. The molecule has 1 aliphatic carbocycles. The van der Waals surface area contributed by atoms with Gasteiger partial charge in [-0.15, -0.1) is 0 Å². The van der Waals surface area contributed by atoms with Gasteiger partial charge in [0.25, 0.3) is 0 Å². The first-order chi connectivity index (χ1) is 9.29. The van der Waals surface area contributed by atoms with E-state index >= 15 is 0 Å². The monoisotopic (exact) mass is 259 g/mol. The minimum Gasteiger partial charge on any atom is -0.314 e. The van der Waals surface area contributed by atoms with Crippen molar-refractivity contribution in [2.45, 2.75) is 58.4 Å². The molecule has 0 aromatic heterocycles. The zero-order valence-corrected chi connectivity index (χ0v) is 12.6. The van der Waals surface area contributed by atoms with Gasteiger partial charge in [0.05, 0.1) is 0 Å². The first-order valence-electron chi connectivity index (χ1n) is 8.07. The van der Waals surface area contributed by atoms with E-state index in [1.54, 1.807) is 0 Å². The number of hydrogen-bond donors (Lipinski definition) is 1. The second-order valence-corrected chi connectivity index (χ2v) is 6.22. The molecule has 1 saturated carbocycles. The summed E-state index contributed by atoms with van der Waals surface area (Å²) in [7, 11) is 0. The van der Waals surface area contributed by atoms with Crippen molar-refractivity contribution < 1.29 is 0 Å². The zero-order valence-electron chi connectivity index (χ0n) is 12.6. The molecular formula is C18H29N. The summed E-state index contributed by atoms with van der Waals surface area (Å²) in [6.07, 6.45) is 8.18. The molecule has 1 aromatic carbocycles. The fraction of sp³-hybridized carbons (Fsp3) is 0.667. The van der Waals surface area contributed by atoms with Gasteiger partial charge >= 0.3 is 0 Å². The highest BCUT2D eigenvalue weighted by Gasteiger charge is 2.27. The van der Waals surface area contributed by atoms with E-state index in [1.807, 2.05) is 0 Å². The summed E-state index contributed by atoms with van der Waals surface area (Å²) < 4.78 is 0. The van der Waals surface area contributed by atoms with E-state index in [1.165, 1.54) is 44.1 Å². The van der Waals surface area contributed by atoms with E-state index < -0.39 is 0 Å². The highest BCUT2D eigenvalue weighted by Crippen LogP contribution is 2.32. The van der Waals surface area contributed by atoms with Gasteiger partial charge in [0.15, 0.2) is 0 Å². The highest BCUT2D eigenvalue weighted by molar-refractivity contribution is 5.14. The van der Waals surface area contributed by atoms with Gasteiger partial charge in [0.2, 0.25) is 0 Å². The molecule has 0 radical (unpaired) electrons. The molecule has 0 spiro atoms. The summed E-state index contributed by atoms with van der Waals surface area (Å²) in [5.41, 5.74) is 1.49. The van der Waals surface area contributed by atoms with E-state index in [0.29, 0.717) is 0 Å². The minimum atomic E-state index is 0.775. The van der Waals surface area contributed by atoms with Gasteiger partial charge < -0.3 is 5.32 Å². The van der Waals surface area contributed by atoms with Crippen molar-refractivity contribution in [1.29, 1.82) is 0 Å². The number of rotatable bonds is 6. The maximum Gasteiger partial charge on any atom is 0.00954 e. The van der Waals surface area contributed by atoms with Gasteiger partial charge in [-0.05, 0) is 62.5 Å². The Morgan fingerprint density at radius 2 is 1.95 bits per heavy atom. The van der Waals surface area contributed by atoms with Gasteiger partial charge in [0.1, 0.15) is 0 Å². The summed E-state index contributed by atoms with van der Waals surface area (Å²) in [6, 6.07) is 11.7. The van der Waals surface area contributed by atoms with Crippen molar-refractivity contribution in [3.05, 3.63) is 35.9 Å². The molecule has 1 aromatic rings. The highest BCUT2D eigenvalue weighted by atomic mass is 14.9. The lowest BCUT2D eigenvalue weighted by atomic mass is 9.76. The van der Waals surface area contributed by atoms with Crippen LogP contribution >= 0.6 is 0 Å². The van der Waals surface area contributed by atoms with Crippen LogP contribution in [0.4, 0.5) is 0 Å². The first kappa shape index (κ1) is 14.6. The third-order valence-electron chi connectivity index (χ3n) is 4.59. The summed E-state index contributed by atoms with van der Waals surface area (Å²) in [4.78, 5) is 0. The first-order valence-corrected chi connectivity index (χ1v) is 8.07. The van der Waals surface area contributed by atoms with E-state index in [2.05, 4.69) is 49.5 Å².